The third kappa shape index (κ3) is 4.12. The van der Waals surface area contributed by atoms with Crippen LogP contribution in [0.5, 0.6) is 0 Å². The molecular weight excluding hydrogens is 164 g/mol. The molecule has 0 aromatic rings. The number of nitrogens with zero attached hydrogens (tertiary/aromatic N) is 1. The minimum atomic E-state index is 0.407. The molecule has 0 saturated carbocycles. The van der Waals surface area contributed by atoms with Gasteiger partial charge in [-0.15, -0.1) is 0 Å². The lowest BCUT2D eigenvalue weighted by Crippen LogP contribution is -2.47. The molecule has 0 saturated heterocycles. The highest BCUT2D eigenvalue weighted by molar-refractivity contribution is 5.79. The molecule has 0 rings (SSSR count). The summed E-state index contributed by atoms with van der Waals surface area (Å²) >= 11 is 0. The Morgan fingerprint density at radius 3 is 2.23 bits per heavy atom. The van der Waals surface area contributed by atoms with Gasteiger partial charge >= 0.3 is 0 Å². The van der Waals surface area contributed by atoms with Crippen molar-refractivity contribution in [2.24, 2.45) is 16.8 Å². The molecule has 1 atom stereocenters. The van der Waals surface area contributed by atoms with Crippen molar-refractivity contribution in [1.29, 1.82) is 0 Å². The first-order valence-corrected chi connectivity index (χ1v) is 4.89. The normalized spacial score (nSPS) is 14.5. The summed E-state index contributed by atoms with van der Waals surface area (Å²) in [4.78, 5) is 3.97. The third-order valence-corrected chi connectivity index (χ3v) is 2.48. The van der Waals surface area contributed by atoms with Crippen molar-refractivity contribution in [2.45, 2.75) is 39.7 Å². The minimum Gasteiger partial charge on any atom is -0.353 e. The summed E-state index contributed by atoms with van der Waals surface area (Å²) < 4.78 is 0. The molecule has 0 aromatic heterocycles. The van der Waals surface area contributed by atoms with Crippen molar-refractivity contribution in [3.05, 3.63) is 0 Å². The summed E-state index contributed by atoms with van der Waals surface area (Å²) in [6, 6.07) is 0.407. The first kappa shape index (κ1) is 12.2. The van der Waals surface area contributed by atoms with Gasteiger partial charge in [-0.1, -0.05) is 26.7 Å². The fraction of sp³-hybridized carbons (Fsp3) is 0.889. The summed E-state index contributed by atoms with van der Waals surface area (Å²) in [5.74, 6) is 6.59. The van der Waals surface area contributed by atoms with Crippen LogP contribution in [-0.2, 0) is 0 Å². The average molecular weight is 186 g/mol. The van der Waals surface area contributed by atoms with Crippen molar-refractivity contribution in [3.8, 4) is 0 Å². The maximum Gasteiger partial charge on any atom is 0.205 e. The van der Waals surface area contributed by atoms with Crippen LogP contribution in [0, 0.1) is 5.92 Å². The van der Waals surface area contributed by atoms with Gasteiger partial charge in [-0.25, -0.2) is 5.84 Å². The lowest BCUT2D eigenvalue weighted by atomic mass is 9.96. The number of aliphatic imine (C=N–C) groups is 1. The van der Waals surface area contributed by atoms with E-state index in [1.807, 2.05) is 0 Å². The standard InChI is InChI=1S/C9H22N4/c1-5-8(6-2)7(3)12-9(11-4)13-10/h7-8H,5-6,10H2,1-4H3,(H2,11,12,13). The van der Waals surface area contributed by atoms with Gasteiger partial charge in [-0.05, 0) is 12.8 Å². The maximum absolute atomic E-state index is 5.27. The van der Waals surface area contributed by atoms with Crippen LogP contribution in [0.4, 0.5) is 0 Å². The zero-order valence-corrected chi connectivity index (χ0v) is 9.09. The number of nitrogens with one attached hydrogen (secondary N) is 2. The molecule has 13 heavy (non-hydrogen) atoms. The van der Waals surface area contributed by atoms with Crippen LogP contribution < -0.4 is 16.6 Å². The van der Waals surface area contributed by atoms with E-state index in [-0.39, 0.29) is 0 Å². The Bertz CT molecular complexity index is 152. The summed E-state index contributed by atoms with van der Waals surface area (Å²) in [7, 11) is 1.71. The number of nitrogens with two attached hydrogens (primary N) is 1. The second-order valence-corrected chi connectivity index (χ2v) is 3.23. The predicted octanol–water partition coefficient (Wildman–Crippen LogP) is 0.850. The first-order valence-electron chi connectivity index (χ1n) is 4.89. The Labute approximate surface area is 81.0 Å². The SMILES string of the molecule is CCC(CC)C(C)NC(=NC)NN. The Balaban J connectivity index is 4.03. The Hall–Kier alpha value is -0.770. The van der Waals surface area contributed by atoms with Gasteiger partial charge in [0, 0.05) is 13.1 Å². The molecule has 4 N–H and O–H groups in total. The minimum absolute atomic E-state index is 0.407. The molecule has 0 aliphatic rings. The highest BCUT2D eigenvalue weighted by atomic mass is 15.3. The maximum atomic E-state index is 5.27. The first-order chi connectivity index (χ1) is 6.19. The molecule has 78 valence electrons. The molecule has 4 heteroatoms. The van der Waals surface area contributed by atoms with Crippen LogP contribution in [0.3, 0.4) is 0 Å². The van der Waals surface area contributed by atoms with Gasteiger partial charge in [-0.2, -0.15) is 0 Å². The number of hydrogen-bond acceptors (Lipinski definition) is 2. The largest absolute Gasteiger partial charge is 0.353 e. The molecular formula is C9H22N4. The van der Waals surface area contributed by atoms with Crippen LogP contribution >= 0.6 is 0 Å². The molecule has 0 heterocycles. The van der Waals surface area contributed by atoms with Gasteiger partial charge in [0.15, 0.2) is 0 Å². The molecule has 0 radical (unpaired) electrons. The monoisotopic (exact) mass is 186 g/mol. The molecule has 0 bridgehead atoms. The predicted molar refractivity (Wildman–Crippen MR) is 57.4 cm³/mol. The van der Waals surface area contributed by atoms with Crippen molar-refractivity contribution in [2.75, 3.05) is 7.05 Å². The van der Waals surface area contributed by atoms with Crippen LogP contribution in [0.15, 0.2) is 4.99 Å². The summed E-state index contributed by atoms with van der Waals surface area (Å²) in [6.45, 7) is 6.55. The van der Waals surface area contributed by atoms with Gasteiger partial charge in [0.05, 0.1) is 0 Å². The third-order valence-electron chi connectivity index (χ3n) is 2.48. The highest BCUT2D eigenvalue weighted by Gasteiger charge is 2.13. The van der Waals surface area contributed by atoms with Gasteiger partial charge in [0.1, 0.15) is 0 Å². The fourth-order valence-electron chi connectivity index (χ4n) is 1.50. The average Bonchev–Trinajstić information content (AvgIpc) is 2.16. The smallest absolute Gasteiger partial charge is 0.205 e. The molecule has 0 amide bonds. The lowest BCUT2D eigenvalue weighted by Gasteiger charge is -2.23. The molecule has 0 aliphatic heterocycles. The number of guanidine groups is 1. The van der Waals surface area contributed by atoms with Crippen LogP contribution in [0.2, 0.25) is 0 Å². The second-order valence-electron chi connectivity index (χ2n) is 3.23. The summed E-state index contributed by atoms with van der Waals surface area (Å²) in [6.07, 6.45) is 2.35. The van der Waals surface area contributed by atoms with E-state index in [0.29, 0.717) is 17.9 Å². The van der Waals surface area contributed by atoms with Gasteiger partial charge in [0.2, 0.25) is 5.96 Å². The van der Waals surface area contributed by atoms with E-state index in [1.54, 1.807) is 7.05 Å². The number of hydrazine groups is 1. The zero-order chi connectivity index (χ0) is 10.3. The number of hydrogen-bond donors (Lipinski definition) is 3. The van der Waals surface area contributed by atoms with E-state index in [0.717, 1.165) is 0 Å². The van der Waals surface area contributed by atoms with E-state index in [4.69, 9.17) is 5.84 Å². The van der Waals surface area contributed by atoms with E-state index in [2.05, 4.69) is 36.5 Å². The Kier molecular flexibility index (Phi) is 6.32. The van der Waals surface area contributed by atoms with E-state index in [1.165, 1.54) is 12.8 Å². The Morgan fingerprint density at radius 1 is 1.38 bits per heavy atom. The van der Waals surface area contributed by atoms with Crippen LogP contribution in [0.25, 0.3) is 0 Å². The molecule has 4 nitrogen and oxygen atoms in total. The van der Waals surface area contributed by atoms with Crippen molar-refractivity contribution >= 4 is 5.96 Å². The topological polar surface area (TPSA) is 62.4 Å². The van der Waals surface area contributed by atoms with Crippen molar-refractivity contribution in [1.82, 2.24) is 10.7 Å². The molecule has 0 fully saturated rings. The summed E-state index contributed by atoms with van der Waals surface area (Å²) in [5.41, 5.74) is 2.52. The second kappa shape index (κ2) is 6.71. The zero-order valence-electron chi connectivity index (χ0n) is 9.09. The quantitative estimate of drug-likeness (QED) is 0.264. The molecule has 0 aromatic carbocycles. The number of rotatable bonds is 4. The van der Waals surface area contributed by atoms with E-state index < -0.39 is 0 Å². The fourth-order valence-corrected chi connectivity index (χ4v) is 1.50. The summed E-state index contributed by atoms with van der Waals surface area (Å²) in [5, 5.41) is 3.23. The molecule has 1 unspecified atom stereocenters. The van der Waals surface area contributed by atoms with Crippen LogP contribution in [-0.4, -0.2) is 19.0 Å². The molecule has 0 spiro atoms. The van der Waals surface area contributed by atoms with Crippen molar-refractivity contribution in [3.63, 3.8) is 0 Å². The van der Waals surface area contributed by atoms with Crippen molar-refractivity contribution < 1.29 is 0 Å². The van der Waals surface area contributed by atoms with E-state index in [9.17, 15) is 0 Å². The highest BCUT2D eigenvalue weighted by Crippen LogP contribution is 2.12. The van der Waals surface area contributed by atoms with Gasteiger partial charge in [-0.3, -0.25) is 10.4 Å². The Morgan fingerprint density at radius 2 is 1.92 bits per heavy atom. The van der Waals surface area contributed by atoms with Crippen LogP contribution in [0.1, 0.15) is 33.6 Å². The van der Waals surface area contributed by atoms with E-state index >= 15 is 0 Å². The molecule has 0 aliphatic carbocycles. The lowest BCUT2D eigenvalue weighted by molar-refractivity contribution is 0.388. The van der Waals surface area contributed by atoms with Gasteiger partial charge < -0.3 is 5.32 Å². The van der Waals surface area contributed by atoms with Gasteiger partial charge in [0.25, 0.3) is 0 Å².